The number of hydrogen-bond donors (Lipinski definition) is 0. The van der Waals surface area contributed by atoms with Gasteiger partial charge in [-0.3, -0.25) is 4.90 Å². The fraction of sp³-hybridized carbons (Fsp3) is 0.581. The Bertz CT molecular complexity index is 991. The average Bonchev–Trinajstić information content (AvgIpc) is 3.38. The van der Waals surface area contributed by atoms with Crippen molar-refractivity contribution in [3.8, 4) is 0 Å². The van der Waals surface area contributed by atoms with Crippen LogP contribution in [-0.4, -0.2) is 38.2 Å². The molecule has 0 radical (unpaired) electrons. The van der Waals surface area contributed by atoms with E-state index in [2.05, 4.69) is 88.9 Å². The van der Waals surface area contributed by atoms with Gasteiger partial charge in [0.1, 0.15) is 0 Å². The third-order valence-corrected chi connectivity index (χ3v) is 7.75. The summed E-state index contributed by atoms with van der Waals surface area (Å²) >= 11 is 0. The maximum absolute atomic E-state index is 4.63. The van der Waals surface area contributed by atoms with Gasteiger partial charge in [-0.25, -0.2) is 4.68 Å². The SMILES string of the molecule is CCCc1ccc(C(c2nnnn2CCc2ccccc2)N(CCC)CCCC2CCCCC2)cc1. The normalized spacial score (nSPS) is 15.4. The van der Waals surface area contributed by atoms with Crippen LogP contribution in [-0.2, 0) is 19.4 Å². The number of nitrogens with zero attached hydrogens (tertiary/aromatic N) is 5. The lowest BCUT2D eigenvalue weighted by Crippen LogP contribution is -2.34. The molecule has 0 saturated heterocycles. The van der Waals surface area contributed by atoms with Crippen LogP contribution >= 0.6 is 0 Å². The molecule has 194 valence electrons. The van der Waals surface area contributed by atoms with Gasteiger partial charge in [0.15, 0.2) is 5.82 Å². The fourth-order valence-corrected chi connectivity index (χ4v) is 5.84. The minimum Gasteiger partial charge on any atom is -0.290 e. The molecular weight excluding hydrogens is 442 g/mol. The van der Waals surface area contributed by atoms with Crippen molar-refractivity contribution >= 4 is 0 Å². The zero-order valence-corrected chi connectivity index (χ0v) is 22.5. The molecule has 36 heavy (non-hydrogen) atoms. The lowest BCUT2D eigenvalue weighted by Gasteiger charge is -2.32. The molecule has 1 fully saturated rings. The van der Waals surface area contributed by atoms with Crippen LogP contribution in [0, 0.1) is 5.92 Å². The molecule has 3 aromatic rings. The summed E-state index contributed by atoms with van der Waals surface area (Å²) in [6, 6.07) is 20.0. The summed E-state index contributed by atoms with van der Waals surface area (Å²) in [4.78, 5) is 2.64. The van der Waals surface area contributed by atoms with Gasteiger partial charge in [-0.05, 0) is 78.2 Å². The van der Waals surface area contributed by atoms with Gasteiger partial charge in [-0.1, -0.05) is 107 Å². The second-order valence-electron chi connectivity index (χ2n) is 10.6. The van der Waals surface area contributed by atoms with E-state index >= 15 is 0 Å². The molecule has 0 N–H and O–H groups in total. The maximum Gasteiger partial charge on any atom is 0.173 e. The van der Waals surface area contributed by atoms with Gasteiger partial charge in [-0.15, -0.1) is 5.10 Å². The first kappa shape index (κ1) is 26.5. The topological polar surface area (TPSA) is 46.8 Å². The first-order valence-electron chi connectivity index (χ1n) is 14.4. The van der Waals surface area contributed by atoms with Gasteiger partial charge in [0, 0.05) is 6.54 Å². The largest absolute Gasteiger partial charge is 0.290 e. The van der Waals surface area contributed by atoms with E-state index in [0.29, 0.717) is 0 Å². The third-order valence-electron chi connectivity index (χ3n) is 7.75. The fourth-order valence-electron chi connectivity index (χ4n) is 5.84. The Kier molecular flexibility index (Phi) is 10.5. The van der Waals surface area contributed by atoms with Crippen LogP contribution in [0.4, 0.5) is 0 Å². The molecule has 1 aliphatic carbocycles. The van der Waals surface area contributed by atoms with Crippen molar-refractivity contribution < 1.29 is 0 Å². The summed E-state index contributed by atoms with van der Waals surface area (Å²) in [5.41, 5.74) is 4.03. The first-order valence-corrected chi connectivity index (χ1v) is 14.4. The van der Waals surface area contributed by atoms with Crippen molar-refractivity contribution in [1.82, 2.24) is 25.1 Å². The van der Waals surface area contributed by atoms with Crippen molar-refractivity contribution in [1.29, 1.82) is 0 Å². The summed E-state index contributed by atoms with van der Waals surface area (Å²) in [5, 5.41) is 13.2. The Labute approximate surface area is 218 Å². The highest BCUT2D eigenvalue weighted by molar-refractivity contribution is 5.29. The standard InChI is InChI=1S/C31H45N5/c1-3-12-26-18-20-29(21-19-26)30(35(23-4-2)24-11-17-27-13-7-5-8-14-27)31-32-33-34-36(31)25-22-28-15-9-6-10-16-28/h6,9-10,15-16,18-21,27,30H,3-5,7-8,11-14,17,22-25H2,1-2H3. The van der Waals surface area contributed by atoms with Gasteiger partial charge in [0.05, 0.1) is 6.04 Å². The molecule has 1 heterocycles. The molecule has 1 aromatic heterocycles. The van der Waals surface area contributed by atoms with Gasteiger partial charge < -0.3 is 0 Å². The Balaban J connectivity index is 1.56. The van der Waals surface area contributed by atoms with Crippen LogP contribution in [0.5, 0.6) is 0 Å². The summed E-state index contributed by atoms with van der Waals surface area (Å²) in [6.45, 7) is 7.47. The van der Waals surface area contributed by atoms with Crippen molar-refractivity contribution in [2.24, 2.45) is 5.92 Å². The molecule has 5 heteroatoms. The highest BCUT2D eigenvalue weighted by Gasteiger charge is 2.27. The smallest absolute Gasteiger partial charge is 0.173 e. The Morgan fingerprint density at radius 2 is 1.61 bits per heavy atom. The lowest BCUT2D eigenvalue weighted by molar-refractivity contribution is 0.199. The van der Waals surface area contributed by atoms with E-state index in [1.807, 2.05) is 4.68 Å². The van der Waals surface area contributed by atoms with Crippen molar-refractivity contribution in [3.05, 3.63) is 77.1 Å². The molecule has 1 unspecified atom stereocenters. The van der Waals surface area contributed by atoms with Gasteiger partial charge >= 0.3 is 0 Å². The number of aryl methyl sites for hydroxylation is 3. The molecule has 0 bridgehead atoms. The third kappa shape index (κ3) is 7.49. The van der Waals surface area contributed by atoms with Crippen LogP contribution < -0.4 is 0 Å². The Morgan fingerprint density at radius 3 is 2.33 bits per heavy atom. The molecule has 1 aliphatic rings. The van der Waals surface area contributed by atoms with Crippen LogP contribution in [0.2, 0.25) is 0 Å². The molecular formula is C31H45N5. The highest BCUT2D eigenvalue weighted by Crippen LogP contribution is 2.31. The molecule has 0 aliphatic heterocycles. The van der Waals surface area contributed by atoms with Crippen molar-refractivity contribution in [2.75, 3.05) is 13.1 Å². The van der Waals surface area contributed by atoms with E-state index in [-0.39, 0.29) is 6.04 Å². The Hall–Kier alpha value is -2.53. The molecule has 1 saturated carbocycles. The second kappa shape index (κ2) is 14.3. The van der Waals surface area contributed by atoms with Crippen LogP contribution in [0.1, 0.15) is 100 Å². The average molecular weight is 488 g/mol. The van der Waals surface area contributed by atoms with Gasteiger partial charge in [0.25, 0.3) is 0 Å². The summed E-state index contributed by atoms with van der Waals surface area (Å²) in [5.74, 6) is 1.89. The van der Waals surface area contributed by atoms with Crippen molar-refractivity contribution in [3.63, 3.8) is 0 Å². The van der Waals surface area contributed by atoms with Crippen LogP contribution in [0.3, 0.4) is 0 Å². The molecule has 0 amide bonds. The number of tetrazole rings is 1. The minimum atomic E-state index is 0.0813. The first-order chi connectivity index (χ1) is 17.8. The van der Waals surface area contributed by atoms with E-state index in [4.69, 9.17) is 0 Å². The molecule has 0 spiro atoms. The lowest BCUT2D eigenvalue weighted by atomic mass is 9.86. The highest BCUT2D eigenvalue weighted by atomic mass is 15.5. The molecule has 5 nitrogen and oxygen atoms in total. The summed E-state index contributed by atoms with van der Waals surface area (Å²) in [6.07, 6.45) is 14.1. The van der Waals surface area contributed by atoms with E-state index in [1.54, 1.807) is 0 Å². The molecule has 4 rings (SSSR count). The molecule has 2 aromatic carbocycles. The summed E-state index contributed by atoms with van der Waals surface area (Å²) < 4.78 is 2.04. The van der Waals surface area contributed by atoms with E-state index in [9.17, 15) is 0 Å². The van der Waals surface area contributed by atoms with Gasteiger partial charge in [0.2, 0.25) is 0 Å². The second-order valence-corrected chi connectivity index (χ2v) is 10.6. The monoisotopic (exact) mass is 487 g/mol. The zero-order chi connectivity index (χ0) is 25.0. The predicted molar refractivity (Wildman–Crippen MR) is 148 cm³/mol. The number of rotatable bonds is 14. The minimum absolute atomic E-state index is 0.0813. The number of benzene rings is 2. The quantitative estimate of drug-likeness (QED) is 0.245. The van der Waals surface area contributed by atoms with Crippen LogP contribution in [0.25, 0.3) is 0 Å². The Morgan fingerprint density at radius 1 is 0.861 bits per heavy atom. The van der Waals surface area contributed by atoms with Crippen LogP contribution in [0.15, 0.2) is 54.6 Å². The maximum atomic E-state index is 4.63. The number of hydrogen-bond acceptors (Lipinski definition) is 4. The van der Waals surface area contributed by atoms with E-state index in [0.717, 1.165) is 50.6 Å². The van der Waals surface area contributed by atoms with Crippen molar-refractivity contribution in [2.45, 2.75) is 97.1 Å². The van der Waals surface area contributed by atoms with Gasteiger partial charge in [-0.2, -0.15) is 0 Å². The van der Waals surface area contributed by atoms with E-state index in [1.165, 1.54) is 68.1 Å². The summed E-state index contributed by atoms with van der Waals surface area (Å²) in [7, 11) is 0. The predicted octanol–water partition coefficient (Wildman–Crippen LogP) is 7.03. The van der Waals surface area contributed by atoms with E-state index < -0.39 is 0 Å². The number of aromatic nitrogens is 4. The molecule has 1 atom stereocenters. The zero-order valence-electron chi connectivity index (χ0n) is 22.5.